The summed E-state index contributed by atoms with van der Waals surface area (Å²) in [7, 11) is 1.12. The average Bonchev–Trinajstić information content (AvgIpc) is 2.69. The minimum atomic E-state index is -0.508. The Bertz CT molecular complexity index is 474. The molecule has 212 valence electrons. The average molecular weight is 540 g/mol. The fourth-order valence-electron chi connectivity index (χ4n) is 4.06. The monoisotopic (exact) mass is 539 g/mol. The summed E-state index contributed by atoms with van der Waals surface area (Å²) in [6, 6.07) is 0. The normalized spacial score (nSPS) is 15.2. The second-order valence-electron chi connectivity index (χ2n) is 10.6. The summed E-state index contributed by atoms with van der Waals surface area (Å²) in [4.78, 5) is 2.45. The van der Waals surface area contributed by atoms with Crippen LogP contribution in [0, 0.1) is 0 Å². The maximum atomic E-state index is 6.33. The highest BCUT2D eigenvalue weighted by molar-refractivity contribution is 7.39. The Kier molecular flexibility index (Phi) is 18.3. The molecule has 3 atom stereocenters. The predicted molar refractivity (Wildman–Crippen MR) is 155 cm³/mol. The highest BCUT2D eigenvalue weighted by atomic mass is 31.1. The molecule has 0 spiro atoms. The number of nitrogens with zero attached hydrogens (tertiary/aromatic N) is 1. The van der Waals surface area contributed by atoms with Crippen LogP contribution in [0.3, 0.4) is 0 Å². The Morgan fingerprint density at radius 2 is 0.857 bits per heavy atom. The molecule has 0 aromatic carbocycles. The third-order valence-corrected chi connectivity index (χ3v) is 8.41. The van der Waals surface area contributed by atoms with Gasteiger partial charge in [0.05, 0.1) is 30.5 Å². The molecule has 0 bridgehead atoms. The maximum Gasteiger partial charge on any atom is 0.184 e. The van der Waals surface area contributed by atoms with E-state index < -0.39 is 11.1 Å². The van der Waals surface area contributed by atoms with Crippen LogP contribution >= 0.6 is 17.2 Å². The number of hydrogen-bond acceptors (Lipinski definition) is 6. The van der Waals surface area contributed by atoms with Gasteiger partial charge in [-0.05, 0) is 88.5 Å². The van der Waals surface area contributed by atoms with Crippen LogP contribution in [-0.4, -0.2) is 78.1 Å². The number of ether oxygens (including phenoxy) is 5. The first-order chi connectivity index (χ1) is 16.2. The van der Waals surface area contributed by atoms with Crippen molar-refractivity contribution in [3.63, 3.8) is 0 Å². The van der Waals surface area contributed by atoms with E-state index in [0.29, 0.717) is 17.2 Å². The minimum Gasteiger partial charge on any atom is -0.361 e. The van der Waals surface area contributed by atoms with Crippen molar-refractivity contribution in [2.45, 2.75) is 151 Å². The van der Waals surface area contributed by atoms with Gasteiger partial charge in [-0.15, -0.1) is 0 Å². The van der Waals surface area contributed by atoms with Gasteiger partial charge < -0.3 is 23.7 Å². The smallest absolute Gasteiger partial charge is 0.184 e. The molecule has 8 heteroatoms. The van der Waals surface area contributed by atoms with E-state index in [9.17, 15) is 0 Å². The molecule has 0 aliphatic heterocycles. The standard InChI is InChI=1S/C27H59NO5P2/c1-14-26(30-21(5)6,31-22(7)8)34-18-16-28(25(13)29-20(3)4)17-19-35-27(15-2,32-23(9)10)33-24(11)12/h20-25,34-35H,14-19H2,1-13H3. The molecular weight excluding hydrogens is 480 g/mol. The molecule has 0 saturated heterocycles. The lowest BCUT2D eigenvalue weighted by Crippen LogP contribution is -2.42. The molecule has 0 aliphatic rings. The van der Waals surface area contributed by atoms with Crippen LogP contribution in [0.15, 0.2) is 0 Å². The molecule has 0 saturated carbocycles. The zero-order valence-corrected chi connectivity index (χ0v) is 27.2. The van der Waals surface area contributed by atoms with Gasteiger partial charge in [0, 0.05) is 25.9 Å². The van der Waals surface area contributed by atoms with E-state index in [-0.39, 0.29) is 36.7 Å². The minimum absolute atomic E-state index is 0.0470. The third-order valence-electron chi connectivity index (χ3n) is 5.21. The summed E-state index contributed by atoms with van der Waals surface area (Å²) in [5.74, 6) is 0. The van der Waals surface area contributed by atoms with Crippen molar-refractivity contribution in [2.75, 3.05) is 25.4 Å². The van der Waals surface area contributed by atoms with Crippen molar-refractivity contribution < 1.29 is 23.7 Å². The second-order valence-corrected chi connectivity index (χ2v) is 13.8. The van der Waals surface area contributed by atoms with Gasteiger partial charge in [0.1, 0.15) is 6.23 Å². The molecular formula is C27H59NO5P2. The van der Waals surface area contributed by atoms with Crippen LogP contribution in [0.2, 0.25) is 0 Å². The van der Waals surface area contributed by atoms with Gasteiger partial charge in [0.25, 0.3) is 0 Å². The van der Waals surface area contributed by atoms with Crippen molar-refractivity contribution >= 4 is 17.2 Å². The maximum absolute atomic E-state index is 6.33. The van der Waals surface area contributed by atoms with Crippen molar-refractivity contribution in [1.82, 2.24) is 4.90 Å². The van der Waals surface area contributed by atoms with Gasteiger partial charge in [-0.2, -0.15) is 0 Å². The molecule has 0 aliphatic carbocycles. The molecule has 0 heterocycles. The predicted octanol–water partition coefficient (Wildman–Crippen LogP) is 7.24. The molecule has 0 amide bonds. The zero-order chi connectivity index (χ0) is 27.2. The molecule has 0 aromatic heterocycles. The van der Waals surface area contributed by atoms with E-state index >= 15 is 0 Å². The first kappa shape index (κ1) is 35.6. The zero-order valence-electron chi connectivity index (χ0n) is 25.2. The van der Waals surface area contributed by atoms with Gasteiger partial charge in [-0.1, -0.05) is 31.0 Å². The Morgan fingerprint density at radius 3 is 1.09 bits per heavy atom. The highest BCUT2D eigenvalue weighted by Crippen LogP contribution is 2.41. The molecule has 0 radical (unpaired) electrons. The van der Waals surface area contributed by atoms with Gasteiger partial charge in [0.2, 0.25) is 0 Å². The first-order valence-corrected chi connectivity index (χ1v) is 16.2. The molecule has 3 unspecified atom stereocenters. The Hall–Kier alpha value is 0.620. The molecule has 35 heavy (non-hydrogen) atoms. The van der Waals surface area contributed by atoms with E-state index in [4.69, 9.17) is 23.7 Å². The molecule has 0 aromatic rings. The summed E-state index contributed by atoms with van der Waals surface area (Å²) in [6.07, 6.45) is 4.46. The fourth-order valence-corrected chi connectivity index (χ4v) is 7.40. The van der Waals surface area contributed by atoms with Crippen molar-refractivity contribution in [3.8, 4) is 0 Å². The van der Waals surface area contributed by atoms with E-state index in [0.717, 1.165) is 38.3 Å². The quantitative estimate of drug-likeness (QED) is 0.113. The Labute approximate surface area is 221 Å². The van der Waals surface area contributed by atoms with Crippen molar-refractivity contribution in [1.29, 1.82) is 0 Å². The number of rotatable bonds is 21. The van der Waals surface area contributed by atoms with Crippen LogP contribution in [0.4, 0.5) is 0 Å². The van der Waals surface area contributed by atoms with Crippen LogP contribution in [0.5, 0.6) is 0 Å². The lowest BCUT2D eigenvalue weighted by Gasteiger charge is -2.38. The van der Waals surface area contributed by atoms with Gasteiger partial charge in [-0.25, -0.2) is 0 Å². The van der Waals surface area contributed by atoms with E-state index in [2.05, 4.69) is 94.9 Å². The summed E-state index contributed by atoms with van der Waals surface area (Å²) >= 11 is 0. The van der Waals surface area contributed by atoms with Gasteiger partial charge in [0.15, 0.2) is 11.1 Å². The summed E-state index contributed by atoms with van der Waals surface area (Å²) in [6.45, 7) is 29.3. The highest BCUT2D eigenvalue weighted by Gasteiger charge is 2.34. The SMILES string of the molecule is CCC(OC(C)C)(OC(C)C)PCCN(CCPC(CC)(OC(C)C)OC(C)C)C(C)OC(C)C. The van der Waals surface area contributed by atoms with E-state index in [1.54, 1.807) is 0 Å². The molecule has 0 fully saturated rings. The van der Waals surface area contributed by atoms with Crippen molar-refractivity contribution in [3.05, 3.63) is 0 Å². The van der Waals surface area contributed by atoms with E-state index in [1.165, 1.54) is 0 Å². The number of hydrogen-bond donors (Lipinski definition) is 0. The summed E-state index contributed by atoms with van der Waals surface area (Å²) in [5, 5.41) is 0. The Morgan fingerprint density at radius 1 is 0.543 bits per heavy atom. The Balaban J connectivity index is 5.35. The summed E-state index contributed by atoms with van der Waals surface area (Å²) < 4.78 is 31.5. The van der Waals surface area contributed by atoms with Gasteiger partial charge >= 0.3 is 0 Å². The van der Waals surface area contributed by atoms with Crippen LogP contribution in [0.1, 0.15) is 103 Å². The fraction of sp³-hybridized carbons (Fsp3) is 1.00. The van der Waals surface area contributed by atoms with E-state index in [1.807, 2.05) is 0 Å². The lowest BCUT2D eigenvalue weighted by molar-refractivity contribution is -0.211. The van der Waals surface area contributed by atoms with Crippen LogP contribution in [0.25, 0.3) is 0 Å². The molecule has 6 nitrogen and oxygen atoms in total. The van der Waals surface area contributed by atoms with Crippen molar-refractivity contribution in [2.24, 2.45) is 0 Å². The topological polar surface area (TPSA) is 49.4 Å². The molecule has 0 rings (SSSR count). The second kappa shape index (κ2) is 18.0. The largest absolute Gasteiger partial charge is 0.361 e. The van der Waals surface area contributed by atoms with Crippen LogP contribution in [-0.2, 0) is 23.7 Å². The third kappa shape index (κ3) is 15.6. The van der Waals surface area contributed by atoms with Gasteiger partial charge in [-0.3, -0.25) is 4.90 Å². The lowest BCUT2D eigenvalue weighted by atomic mass is 10.4. The van der Waals surface area contributed by atoms with Crippen LogP contribution < -0.4 is 0 Å². The first-order valence-electron chi connectivity index (χ1n) is 13.8. The summed E-state index contributed by atoms with van der Waals surface area (Å²) in [5.41, 5.74) is -1.02. The molecule has 0 N–H and O–H groups in total.